The van der Waals surface area contributed by atoms with Crippen molar-refractivity contribution in [2.24, 2.45) is 0 Å². The number of rotatable bonds is 0. The van der Waals surface area contributed by atoms with Crippen molar-refractivity contribution in [3.63, 3.8) is 0 Å². The minimum absolute atomic E-state index is 0. The Labute approximate surface area is 101 Å². The maximum absolute atomic E-state index is 2.12. The predicted molar refractivity (Wildman–Crippen MR) is 40.8 cm³/mol. The molecule has 0 rings (SSSR count). The summed E-state index contributed by atoms with van der Waals surface area (Å²) in [5, 5.41) is 0. The molecule has 0 aliphatic heterocycles. The number of nitrogens with two attached hydrogens (primary N) is 1. The molecule has 9 heavy (non-hydrogen) atoms. The van der Waals surface area contributed by atoms with E-state index >= 15 is 0 Å². The van der Waals surface area contributed by atoms with Crippen molar-refractivity contribution in [2.75, 3.05) is 0 Å². The van der Waals surface area contributed by atoms with Crippen LogP contribution in [-0.2, 0) is 52.8 Å². The molecule has 0 spiro atoms. The van der Waals surface area contributed by atoms with E-state index in [0.29, 0.717) is 0 Å². The summed E-state index contributed by atoms with van der Waals surface area (Å²) in [6, 6.07) is 0. The third kappa shape index (κ3) is 197. The maximum Gasteiger partial charge on any atom is 3.00 e. The first-order valence-corrected chi connectivity index (χ1v) is 1.41. The topological polar surface area (TPSA) is 33.5 Å². The Morgan fingerprint density at radius 3 is 1.00 bits per heavy atom. The zero-order chi connectivity index (χ0) is 2.71. The van der Waals surface area contributed by atoms with Crippen LogP contribution >= 0.6 is 0 Å². The van der Waals surface area contributed by atoms with E-state index in [4.69, 9.17) is 0 Å². The summed E-state index contributed by atoms with van der Waals surface area (Å²) in [6.07, 6.45) is 1.25. The van der Waals surface area contributed by atoms with Crippen LogP contribution in [0.5, 0.6) is 0 Å². The van der Waals surface area contributed by atoms with E-state index in [0.717, 1.165) is 0 Å². The summed E-state index contributed by atoms with van der Waals surface area (Å²) in [5.74, 6) is 0. The Bertz CT molecular complexity index is 13.0. The van der Waals surface area contributed by atoms with E-state index in [1.807, 2.05) is 0 Å². The number of hydrogen-bond donors (Lipinski definition) is 0. The molecule has 0 aliphatic carbocycles. The summed E-state index contributed by atoms with van der Waals surface area (Å²) in [4.78, 5) is 0. The third-order valence-corrected chi connectivity index (χ3v) is 0. The van der Waals surface area contributed by atoms with Crippen LogP contribution in [0.3, 0.4) is 0 Å². The van der Waals surface area contributed by atoms with Crippen molar-refractivity contribution in [1.82, 2.24) is 0 Å². The van der Waals surface area contributed by atoms with Gasteiger partial charge in [0.1, 0.15) is 0 Å². The minimum Gasteiger partial charge on any atom is -0.693 e. The molecule has 2 N–H and O–H groups in total. The van der Waals surface area contributed by atoms with Gasteiger partial charge in [0, 0.05) is 32.7 Å². The molecule has 0 aliphatic rings. The average Bonchev–Trinajstić information content (AvgIpc) is 0.918. The molecule has 0 saturated carbocycles. The van der Waals surface area contributed by atoms with Crippen LogP contribution < -0.4 is 0 Å². The van der Waals surface area contributed by atoms with Crippen LogP contribution in [0.25, 0.3) is 6.15 Å². The molecule has 3 heteroatoms. The quantitative estimate of drug-likeness (QED) is 0.569. The van der Waals surface area contributed by atoms with Crippen molar-refractivity contribution < 1.29 is 52.8 Å². The molecule has 0 unspecified atom stereocenters. The zero-order valence-corrected chi connectivity index (χ0v) is 11.4. The molecular weight excluding hydrogens is 367 g/mol. The van der Waals surface area contributed by atoms with Crippen LogP contribution in [0, 0.1) is 14.9 Å². The molecular formula is C6H20IrNY. The molecule has 61 valence electrons. The Kier molecular flexibility index (Phi) is 816. The molecule has 1 nitrogen and oxygen atoms in total. The van der Waals surface area contributed by atoms with Crippen LogP contribution in [0.15, 0.2) is 0 Å². The van der Waals surface area contributed by atoms with Gasteiger partial charge >= 0.3 is 20.1 Å². The van der Waals surface area contributed by atoms with E-state index in [1.165, 1.54) is 6.42 Å². The van der Waals surface area contributed by atoms with Gasteiger partial charge in [-0.3, -0.25) is 0 Å². The fourth-order valence-electron chi connectivity index (χ4n) is 0. The van der Waals surface area contributed by atoms with Gasteiger partial charge in [-0.25, -0.2) is 0 Å². The van der Waals surface area contributed by atoms with E-state index < -0.39 is 0 Å². The molecule has 0 amide bonds. The standard InChI is InChI=1S/C3H8.CH4.2CH3.Ir.H2N.Y/c1-3-2;;;;;;/h3H2,1-2H3;1H4;2*1H3;;1H2;/q;;2*-1;+3;-1;. The molecule has 0 aromatic rings. The Morgan fingerprint density at radius 1 is 1.00 bits per heavy atom. The van der Waals surface area contributed by atoms with Crippen LogP contribution in [0.2, 0.25) is 0 Å². The van der Waals surface area contributed by atoms with Crippen molar-refractivity contribution in [2.45, 2.75) is 27.7 Å². The van der Waals surface area contributed by atoms with Gasteiger partial charge in [-0.2, -0.15) is 0 Å². The SMILES string of the molecule is C.CCC.[CH3-].[CH3-].[Ir+3].[NH2-].[Y]. The largest absolute Gasteiger partial charge is 3.00 e. The normalized spacial score (nSPS) is 2.00. The van der Waals surface area contributed by atoms with Crippen LogP contribution in [0.4, 0.5) is 0 Å². The van der Waals surface area contributed by atoms with E-state index in [9.17, 15) is 0 Å². The summed E-state index contributed by atoms with van der Waals surface area (Å²) >= 11 is 0. The first kappa shape index (κ1) is 73.3. The zero-order valence-electron chi connectivity index (χ0n) is 6.20. The molecule has 0 aromatic heterocycles. The van der Waals surface area contributed by atoms with Gasteiger partial charge in [-0.1, -0.05) is 27.7 Å². The molecule has 0 saturated heterocycles. The second kappa shape index (κ2) is 100. The van der Waals surface area contributed by atoms with Crippen molar-refractivity contribution >= 4 is 0 Å². The Balaban J connectivity index is -0.00000000133. The van der Waals surface area contributed by atoms with Gasteiger partial charge in [0.15, 0.2) is 0 Å². The van der Waals surface area contributed by atoms with Crippen LogP contribution in [0.1, 0.15) is 27.7 Å². The summed E-state index contributed by atoms with van der Waals surface area (Å²) < 4.78 is 0. The second-order valence-electron chi connectivity index (χ2n) is 0.707. The summed E-state index contributed by atoms with van der Waals surface area (Å²) in [7, 11) is 0. The van der Waals surface area contributed by atoms with Crippen molar-refractivity contribution in [1.29, 1.82) is 0 Å². The second-order valence-corrected chi connectivity index (χ2v) is 0.707. The molecule has 0 bridgehead atoms. The van der Waals surface area contributed by atoms with Gasteiger partial charge in [-0.05, 0) is 0 Å². The Morgan fingerprint density at radius 2 is 1.00 bits per heavy atom. The first-order valence-electron chi connectivity index (χ1n) is 1.41. The van der Waals surface area contributed by atoms with Crippen LogP contribution in [-0.4, -0.2) is 0 Å². The minimum atomic E-state index is 0. The van der Waals surface area contributed by atoms with Crippen molar-refractivity contribution in [3.05, 3.63) is 21.0 Å². The summed E-state index contributed by atoms with van der Waals surface area (Å²) in [6.45, 7) is 4.25. The number of hydrogen-bond acceptors (Lipinski definition) is 0. The van der Waals surface area contributed by atoms with Gasteiger partial charge in [0.25, 0.3) is 0 Å². The monoisotopic (exact) mass is 388 g/mol. The van der Waals surface area contributed by atoms with Crippen molar-refractivity contribution in [3.8, 4) is 0 Å². The average molecular weight is 387 g/mol. The first-order chi connectivity index (χ1) is 1.41. The molecule has 0 atom stereocenters. The molecule has 1 radical (unpaired) electrons. The molecule has 0 heterocycles. The smallest absolute Gasteiger partial charge is 0.693 e. The predicted octanol–water partition coefficient (Wildman–Crippen LogP) is 3.67. The third-order valence-electron chi connectivity index (χ3n) is 0. The van der Waals surface area contributed by atoms with Gasteiger partial charge in [-0.15, -0.1) is 0 Å². The fraction of sp³-hybridized carbons (Fsp3) is 0.667. The fourth-order valence-corrected chi connectivity index (χ4v) is 0. The Hall–Kier alpha value is 1.71. The van der Waals surface area contributed by atoms with Gasteiger partial charge < -0.3 is 21.0 Å². The van der Waals surface area contributed by atoms with E-state index in [2.05, 4.69) is 13.8 Å². The van der Waals surface area contributed by atoms with Gasteiger partial charge in [0.05, 0.1) is 0 Å². The maximum atomic E-state index is 2.12. The van der Waals surface area contributed by atoms with Gasteiger partial charge in [0.2, 0.25) is 0 Å². The summed E-state index contributed by atoms with van der Waals surface area (Å²) in [5.41, 5.74) is 0. The van der Waals surface area contributed by atoms with E-state index in [-0.39, 0.29) is 81.2 Å². The molecule has 0 fully saturated rings. The molecule has 0 aromatic carbocycles. The van der Waals surface area contributed by atoms with E-state index in [1.54, 1.807) is 0 Å².